The molecule has 0 saturated heterocycles. The predicted molar refractivity (Wildman–Crippen MR) is 215 cm³/mol. The zero-order valence-electron chi connectivity index (χ0n) is 28.7. The standard InChI is InChI=1S/C50H34BN/c1-5-17-33(18-6-1)49(34-19-7-2-8-20-34)41-29-13-25-37-39-27-15-31-43-47(39)52-48-40(38-26-14-30-42(49)46(38)51(52)45(37)41)28-16-32-44(48)50(43,35-21-9-3-10-22-35)36-23-11-4-12-24-36/h1-32,41,45H. The third kappa shape index (κ3) is 3.24. The Morgan fingerprint density at radius 3 is 1.50 bits per heavy atom. The van der Waals surface area contributed by atoms with Crippen molar-refractivity contribution >= 4 is 29.3 Å². The minimum Gasteiger partial charge on any atom is -0.379 e. The van der Waals surface area contributed by atoms with Gasteiger partial charge in [0.2, 0.25) is 0 Å². The molecule has 4 aliphatic heterocycles. The molecule has 2 heteroatoms. The Bertz CT molecular complexity index is 2560. The molecule has 0 aromatic heterocycles. The Balaban J connectivity index is 1.29. The van der Waals surface area contributed by atoms with Gasteiger partial charge in [-0.05, 0) is 67.3 Å². The molecule has 12 rings (SSSR count). The maximum atomic E-state index is 2.82. The Morgan fingerprint density at radius 1 is 0.442 bits per heavy atom. The molecule has 242 valence electrons. The van der Waals surface area contributed by atoms with Crippen molar-refractivity contribution in [3.63, 3.8) is 0 Å². The van der Waals surface area contributed by atoms with E-state index in [1.54, 1.807) is 0 Å². The van der Waals surface area contributed by atoms with Gasteiger partial charge in [-0.2, -0.15) is 0 Å². The molecule has 7 aromatic rings. The van der Waals surface area contributed by atoms with Crippen molar-refractivity contribution in [2.45, 2.75) is 16.6 Å². The first kappa shape index (κ1) is 28.6. The Labute approximate surface area is 305 Å². The maximum absolute atomic E-state index is 2.82. The fraction of sp³-hybridized carbons (Fsp3) is 0.0800. The molecule has 7 aromatic carbocycles. The van der Waals surface area contributed by atoms with Gasteiger partial charge in [0.1, 0.15) is 0 Å². The highest BCUT2D eigenvalue weighted by Gasteiger charge is 2.64. The van der Waals surface area contributed by atoms with Crippen molar-refractivity contribution in [1.82, 2.24) is 0 Å². The van der Waals surface area contributed by atoms with Crippen LogP contribution < -0.4 is 10.3 Å². The van der Waals surface area contributed by atoms with Crippen molar-refractivity contribution in [3.8, 4) is 11.1 Å². The van der Waals surface area contributed by atoms with E-state index in [-0.39, 0.29) is 24.0 Å². The summed E-state index contributed by atoms with van der Waals surface area (Å²) in [5.41, 5.74) is 18.3. The average molecular weight is 660 g/mol. The van der Waals surface area contributed by atoms with Crippen molar-refractivity contribution in [1.29, 1.82) is 0 Å². The number of anilines is 2. The lowest BCUT2D eigenvalue weighted by atomic mass is 9.28. The van der Waals surface area contributed by atoms with E-state index < -0.39 is 5.41 Å². The lowest BCUT2D eigenvalue weighted by molar-refractivity contribution is 0.441. The minimum atomic E-state index is -0.491. The number of nitrogens with zero attached hydrogens (tertiary/aromatic N) is 1. The van der Waals surface area contributed by atoms with Crippen LogP contribution in [0.2, 0.25) is 5.82 Å². The van der Waals surface area contributed by atoms with Gasteiger partial charge >= 0.3 is 6.85 Å². The van der Waals surface area contributed by atoms with E-state index in [9.17, 15) is 0 Å². The van der Waals surface area contributed by atoms with Crippen LogP contribution in [0.3, 0.4) is 0 Å². The topological polar surface area (TPSA) is 3.24 Å². The maximum Gasteiger partial charge on any atom is 0.303 e. The quantitative estimate of drug-likeness (QED) is 0.170. The molecule has 0 spiro atoms. The lowest BCUT2D eigenvalue weighted by Gasteiger charge is -2.61. The number of fused-ring (bicyclic) bond motifs is 2. The van der Waals surface area contributed by atoms with Crippen molar-refractivity contribution in [3.05, 3.63) is 239 Å². The van der Waals surface area contributed by atoms with Crippen LogP contribution in [0.5, 0.6) is 0 Å². The zero-order valence-corrected chi connectivity index (χ0v) is 28.7. The summed E-state index contributed by atoms with van der Waals surface area (Å²) in [5, 5.41) is 0. The van der Waals surface area contributed by atoms with Gasteiger partial charge in [-0.15, -0.1) is 0 Å². The third-order valence-corrected chi connectivity index (χ3v) is 13.1. The summed E-state index contributed by atoms with van der Waals surface area (Å²) < 4.78 is 0. The monoisotopic (exact) mass is 659 g/mol. The summed E-state index contributed by atoms with van der Waals surface area (Å²) in [6.45, 7) is 0.153. The number of para-hydroxylation sites is 2. The first-order valence-corrected chi connectivity index (χ1v) is 18.7. The SMILES string of the molecule is C1=CC2C3B4c5c(cccc5C2(c2ccccc2)c2ccccc2)-c2cccc5c2N4c2c(cccc2C5(c2ccccc2)c2ccccc2)C3=C1. The lowest BCUT2D eigenvalue weighted by Crippen LogP contribution is -2.66. The molecule has 2 unspecified atom stereocenters. The Kier molecular flexibility index (Phi) is 5.62. The molecule has 0 N–H and O–H groups in total. The van der Waals surface area contributed by atoms with Crippen LogP contribution in [-0.4, -0.2) is 6.85 Å². The van der Waals surface area contributed by atoms with Crippen LogP contribution in [0.1, 0.15) is 44.5 Å². The van der Waals surface area contributed by atoms with Crippen molar-refractivity contribution < 1.29 is 0 Å². The third-order valence-electron chi connectivity index (χ3n) is 13.1. The second kappa shape index (κ2) is 10.2. The Morgan fingerprint density at radius 2 is 0.923 bits per heavy atom. The zero-order chi connectivity index (χ0) is 34.0. The fourth-order valence-electron chi connectivity index (χ4n) is 11.5. The molecule has 2 atom stereocenters. The highest BCUT2D eigenvalue weighted by Crippen LogP contribution is 2.68. The van der Waals surface area contributed by atoms with Gasteiger partial charge in [-0.25, -0.2) is 0 Å². The van der Waals surface area contributed by atoms with E-state index in [1.807, 2.05) is 0 Å². The van der Waals surface area contributed by atoms with Gasteiger partial charge in [0.25, 0.3) is 0 Å². The highest BCUT2D eigenvalue weighted by molar-refractivity contribution is 6.85. The fourth-order valence-corrected chi connectivity index (χ4v) is 11.5. The van der Waals surface area contributed by atoms with E-state index in [0.29, 0.717) is 0 Å². The van der Waals surface area contributed by atoms with Gasteiger partial charge in [-0.1, -0.05) is 194 Å². The molecule has 52 heavy (non-hydrogen) atoms. The molecule has 0 amide bonds. The smallest absolute Gasteiger partial charge is 0.303 e. The molecular weight excluding hydrogens is 625 g/mol. The molecule has 1 aliphatic carbocycles. The summed E-state index contributed by atoms with van der Waals surface area (Å²) in [7, 11) is 0. The molecule has 0 fully saturated rings. The largest absolute Gasteiger partial charge is 0.379 e. The second-order valence-corrected chi connectivity index (χ2v) is 15.1. The van der Waals surface area contributed by atoms with Gasteiger partial charge in [0.15, 0.2) is 0 Å². The van der Waals surface area contributed by atoms with E-state index in [2.05, 4.69) is 199 Å². The normalized spacial score (nSPS) is 19.8. The van der Waals surface area contributed by atoms with E-state index in [1.165, 1.54) is 78.0 Å². The van der Waals surface area contributed by atoms with Crippen molar-refractivity contribution in [2.75, 3.05) is 4.81 Å². The van der Waals surface area contributed by atoms with Gasteiger partial charge < -0.3 is 4.81 Å². The Hall–Kier alpha value is -6.12. The van der Waals surface area contributed by atoms with E-state index >= 15 is 0 Å². The second-order valence-electron chi connectivity index (χ2n) is 15.1. The first-order chi connectivity index (χ1) is 25.8. The molecule has 0 radical (unpaired) electrons. The summed E-state index contributed by atoms with van der Waals surface area (Å²) in [6.07, 6.45) is 7.36. The van der Waals surface area contributed by atoms with Crippen LogP contribution in [0.4, 0.5) is 11.4 Å². The number of allylic oxidation sites excluding steroid dienone is 4. The summed E-state index contributed by atoms with van der Waals surface area (Å²) >= 11 is 0. The molecule has 5 aliphatic rings. The number of benzene rings is 7. The minimum absolute atomic E-state index is 0.153. The number of hydrogen-bond acceptors (Lipinski definition) is 1. The van der Waals surface area contributed by atoms with Gasteiger partial charge in [-0.3, -0.25) is 0 Å². The summed E-state index contributed by atoms with van der Waals surface area (Å²) in [6, 6.07) is 66.7. The molecule has 0 saturated carbocycles. The first-order valence-electron chi connectivity index (χ1n) is 18.7. The number of rotatable bonds is 4. The molecule has 1 nitrogen and oxygen atoms in total. The van der Waals surface area contributed by atoms with E-state index in [4.69, 9.17) is 0 Å². The summed E-state index contributed by atoms with van der Waals surface area (Å²) in [5.74, 6) is 0.439. The van der Waals surface area contributed by atoms with Crippen LogP contribution in [0.25, 0.3) is 16.7 Å². The summed E-state index contributed by atoms with van der Waals surface area (Å²) in [4.78, 5) is 2.82. The molecule has 0 bridgehead atoms. The number of hydrogen-bond donors (Lipinski definition) is 0. The molecular formula is C50H34BN. The highest BCUT2D eigenvalue weighted by atomic mass is 15.1. The van der Waals surface area contributed by atoms with Crippen LogP contribution in [-0.2, 0) is 10.8 Å². The average Bonchev–Trinajstić information content (AvgIpc) is 3.23. The van der Waals surface area contributed by atoms with Gasteiger partial charge in [0.05, 0.1) is 10.8 Å². The van der Waals surface area contributed by atoms with Crippen LogP contribution in [0.15, 0.2) is 194 Å². The van der Waals surface area contributed by atoms with E-state index in [0.717, 1.165) is 0 Å². The van der Waals surface area contributed by atoms with Crippen molar-refractivity contribution in [2.24, 2.45) is 5.92 Å². The predicted octanol–water partition coefficient (Wildman–Crippen LogP) is 10.7. The molecule has 4 heterocycles. The van der Waals surface area contributed by atoms with Crippen LogP contribution >= 0.6 is 0 Å². The van der Waals surface area contributed by atoms with Gasteiger partial charge in [0, 0.05) is 22.5 Å². The van der Waals surface area contributed by atoms with Crippen LogP contribution in [0, 0.1) is 5.92 Å².